The molecule has 3 aromatic rings. The van der Waals surface area contributed by atoms with Gasteiger partial charge in [-0.3, -0.25) is 4.79 Å². The SMILES string of the molecule is O=C(CCc1nc(-c2ccc(F)cc2)cs1)N1CCC(c2ccco2)C1. The molecule has 1 saturated heterocycles. The highest BCUT2D eigenvalue weighted by Gasteiger charge is 2.28. The minimum atomic E-state index is -0.256. The van der Waals surface area contributed by atoms with Crippen LogP contribution in [0.25, 0.3) is 11.3 Å². The van der Waals surface area contributed by atoms with Crippen LogP contribution in [0.15, 0.2) is 52.5 Å². The molecule has 1 aromatic carbocycles. The summed E-state index contributed by atoms with van der Waals surface area (Å²) in [6.45, 7) is 1.51. The first-order chi connectivity index (χ1) is 12.7. The first kappa shape index (κ1) is 17.0. The molecule has 0 saturated carbocycles. The van der Waals surface area contributed by atoms with Gasteiger partial charge < -0.3 is 9.32 Å². The van der Waals surface area contributed by atoms with Crippen LogP contribution in [0, 0.1) is 5.82 Å². The Bertz CT molecular complexity index is 874. The second-order valence-corrected chi connectivity index (χ2v) is 7.42. The number of hydrogen-bond donors (Lipinski definition) is 0. The molecule has 4 nitrogen and oxygen atoms in total. The number of thiazole rings is 1. The highest BCUT2D eigenvalue weighted by molar-refractivity contribution is 7.09. The summed E-state index contributed by atoms with van der Waals surface area (Å²) in [5.41, 5.74) is 1.72. The molecular formula is C20H19FN2O2S. The zero-order valence-electron chi connectivity index (χ0n) is 14.2. The topological polar surface area (TPSA) is 46.3 Å². The van der Waals surface area contributed by atoms with Crippen LogP contribution in [-0.2, 0) is 11.2 Å². The van der Waals surface area contributed by atoms with Gasteiger partial charge in [-0.2, -0.15) is 0 Å². The van der Waals surface area contributed by atoms with Crippen LogP contribution >= 0.6 is 11.3 Å². The molecule has 2 aromatic heterocycles. The number of likely N-dealkylation sites (tertiary alicyclic amines) is 1. The van der Waals surface area contributed by atoms with Crippen LogP contribution in [0.1, 0.15) is 29.5 Å². The molecule has 1 amide bonds. The molecule has 1 atom stereocenters. The van der Waals surface area contributed by atoms with Crippen molar-refractivity contribution in [2.24, 2.45) is 0 Å². The number of nitrogens with zero attached hydrogens (tertiary/aromatic N) is 2. The average Bonchev–Trinajstić information content (AvgIpc) is 3.41. The van der Waals surface area contributed by atoms with Crippen molar-refractivity contribution in [2.75, 3.05) is 13.1 Å². The van der Waals surface area contributed by atoms with Gasteiger partial charge in [0.15, 0.2) is 0 Å². The van der Waals surface area contributed by atoms with E-state index in [1.54, 1.807) is 29.7 Å². The van der Waals surface area contributed by atoms with Crippen molar-refractivity contribution in [1.82, 2.24) is 9.88 Å². The fourth-order valence-electron chi connectivity index (χ4n) is 3.29. The fourth-order valence-corrected chi connectivity index (χ4v) is 4.10. The first-order valence-electron chi connectivity index (χ1n) is 8.70. The normalized spacial score (nSPS) is 17.0. The van der Waals surface area contributed by atoms with Crippen LogP contribution in [0.2, 0.25) is 0 Å². The van der Waals surface area contributed by atoms with Gasteiger partial charge in [-0.05, 0) is 42.8 Å². The second kappa shape index (κ2) is 7.41. The minimum absolute atomic E-state index is 0.164. The molecule has 0 N–H and O–H groups in total. The summed E-state index contributed by atoms with van der Waals surface area (Å²) in [6, 6.07) is 10.2. The smallest absolute Gasteiger partial charge is 0.223 e. The lowest BCUT2D eigenvalue weighted by Gasteiger charge is -2.15. The predicted molar refractivity (Wildman–Crippen MR) is 98.5 cm³/mol. The number of halogens is 1. The molecule has 26 heavy (non-hydrogen) atoms. The fraction of sp³-hybridized carbons (Fsp3) is 0.300. The van der Waals surface area contributed by atoms with Crippen molar-refractivity contribution in [3.8, 4) is 11.3 Å². The molecule has 6 heteroatoms. The summed E-state index contributed by atoms with van der Waals surface area (Å²) in [7, 11) is 0. The van der Waals surface area contributed by atoms with E-state index in [0.29, 0.717) is 18.8 Å². The molecule has 0 aliphatic carbocycles. The summed E-state index contributed by atoms with van der Waals surface area (Å²) in [5, 5.41) is 2.88. The van der Waals surface area contributed by atoms with E-state index in [2.05, 4.69) is 4.98 Å². The molecule has 0 spiro atoms. The lowest BCUT2D eigenvalue weighted by molar-refractivity contribution is -0.130. The molecule has 1 aliphatic heterocycles. The lowest BCUT2D eigenvalue weighted by Crippen LogP contribution is -2.28. The standard InChI is InChI=1S/C20H19FN2O2S/c21-16-5-3-14(4-6-16)17-13-26-19(22-17)7-8-20(24)23-10-9-15(12-23)18-2-1-11-25-18/h1-6,11,13,15H,7-10,12H2. The number of rotatable bonds is 5. The summed E-state index contributed by atoms with van der Waals surface area (Å²) in [4.78, 5) is 19.0. The van der Waals surface area contributed by atoms with E-state index in [4.69, 9.17) is 4.42 Å². The molecule has 0 bridgehead atoms. The Kier molecular flexibility index (Phi) is 4.84. The largest absolute Gasteiger partial charge is 0.469 e. The average molecular weight is 370 g/mol. The Morgan fingerprint density at radius 2 is 2.15 bits per heavy atom. The molecule has 0 radical (unpaired) electrons. The van der Waals surface area contributed by atoms with Crippen LogP contribution in [0.3, 0.4) is 0 Å². The summed E-state index contributed by atoms with van der Waals surface area (Å²) in [5.74, 6) is 1.17. The van der Waals surface area contributed by atoms with Crippen LogP contribution < -0.4 is 0 Å². The van der Waals surface area contributed by atoms with E-state index in [0.717, 1.165) is 41.5 Å². The number of carbonyl (C=O) groups excluding carboxylic acids is 1. The Hall–Kier alpha value is -2.47. The van der Waals surface area contributed by atoms with Crippen molar-refractivity contribution in [2.45, 2.75) is 25.2 Å². The van der Waals surface area contributed by atoms with E-state index in [1.165, 1.54) is 12.1 Å². The number of furan rings is 1. The lowest BCUT2D eigenvalue weighted by atomic mass is 10.1. The van der Waals surface area contributed by atoms with Crippen molar-refractivity contribution in [3.63, 3.8) is 0 Å². The van der Waals surface area contributed by atoms with Gasteiger partial charge in [0.1, 0.15) is 11.6 Å². The second-order valence-electron chi connectivity index (χ2n) is 6.47. The van der Waals surface area contributed by atoms with E-state index < -0.39 is 0 Å². The van der Waals surface area contributed by atoms with Gasteiger partial charge in [-0.15, -0.1) is 11.3 Å². The van der Waals surface area contributed by atoms with E-state index in [9.17, 15) is 9.18 Å². The van der Waals surface area contributed by atoms with Crippen molar-refractivity contribution >= 4 is 17.2 Å². The van der Waals surface area contributed by atoms with Gasteiger partial charge in [0.2, 0.25) is 5.91 Å². The van der Waals surface area contributed by atoms with Gasteiger partial charge in [0.25, 0.3) is 0 Å². The van der Waals surface area contributed by atoms with Gasteiger partial charge >= 0.3 is 0 Å². The predicted octanol–water partition coefficient (Wildman–Crippen LogP) is 4.49. The summed E-state index contributed by atoms with van der Waals surface area (Å²) < 4.78 is 18.5. The van der Waals surface area contributed by atoms with Crippen molar-refractivity contribution in [1.29, 1.82) is 0 Å². The quantitative estimate of drug-likeness (QED) is 0.665. The highest BCUT2D eigenvalue weighted by Crippen LogP contribution is 2.28. The van der Waals surface area contributed by atoms with E-state index in [1.807, 2.05) is 22.4 Å². The van der Waals surface area contributed by atoms with Crippen LogP contribution in [0.4, 0.5) is 4.39 Å². The number of hydrogen-bond acceptors (Lipinski definition) is 4. The van der Waals surface area contributed by atoms with Crippen LogP contribution in [-0.4, -0.2) is 28.9 Å². The molecule has 134 valence electrons. The van der Waals surface area contributed by atoms with Crippen molar-refractivity contribution in [3.05, 3.63) is 64.6 Å². The minimum Gasteiger partial charge on any atom is -0.469 e. The highest BCUT2D eigenvalue weighted by atomic mass is 32.1. The number of benzene rings is 1. The molecule has 1 unspecified atom stereocenters. The summed E-state index contributed by atoms with van der Waals surface area (Å²) in [6.07, 6.45) is 3.72. The zero-order chi connectivity index (χ0) is 17.9. The Labute approximate surface area is 155 Å². The summed E-state index contributed by atoms with van der Waals surface area (Å²) >= 11 is 1.54. The molecule has 4 rings (SSSR count). The maximum absolute atomic E-state index is 13.0. The number of aryl methyl sites for hydroxylation is 1. The van der Waals surface area contributed by atoms with Crippen LogP contribution in [0.5, 0.6) is 0 Å². The molecule has 1 aliphatic rings. The zero-order valence-corrected chi connectivity index (χ0v) is 15.0. The third-order valence-corrected chi connectivity index (χ3v) is 5.64. The van der Waals surface area contributed by atoms with E-state index >= 15 is 0 Å². The number of aromatic nitrogens is 1. The Balaban J connectivity index is 1.32. The third kappa shape index (κ3) is 3.70. The maximum Gasteiger partial charge on any atom is 0.223 e. The molecule has 3 heterocycles. The first-order valence-corrected chi connectivity index (χ1v) is 9.58. The Morgan fingerprint density at radius 1 is 1.31 bits per heavy atom. The van der Waals surface area contributed by atoms with E-state index in [-0.39, 0.29) is 11.7 Å². The number of carbonyl (C=O) groups is 1. The molecular weight excluding hydrogens is 351 g/mol. The third-order valence-electron chi connectivity index (χ3n) is 4.73. The van der Waals surface area contributed by atoms with Gasteiger partial charge in [-0.25, -0.2) is 9.37 Å². The Morgan fingerprint density at radius 3 is 2.92 bits per heavy atom. The number of amides is 1. The van der Waals surface area contributed by atoms with Gasteiger partial charge in [0.05, 0.1) is 17.0 Å². The maximum atomic E-state index is 13.0. The monoisotopic (exact) mass is 370 g/mol. The van der Waals surface area contributed by atoms with Gasteiger partial charge in [0, 0.05) is 42.8 Å². The van der Waals surface area contributed by atoms with Gasteiger partial charge in [-0.1, -0.05) is 0 Å². The van der Waals surface area contributed by atoms with Crippen molar-refractivity contribution < 1.29 is 13.6 Å². The molecule has 1 fully saturated rings.